The van der Waals surface area contributed by atoms with Gasteiger partial charge in [-0.2, -0.15) is 0 Å². The van der Waals surface area contributed by atoms with Crippen molar-refractivity contribution >= 4 is 34.6 Å². The molecule has 3 aromatic carbocycles. The van der Waals surface area contributed by atoms with Gasteiger partial charge in [-0.1, -0.05) is 24.3 Å². The second-order valence-electron chi connectivity index (χ2n) is 8.61. The molecule has 0 unspecified atom stereocenters. The molecule has 1 heterocycles. The number of hydrogen-bond donors (Lipinski definition) is 2. The molecule has 1 aliphatic rings. The number of carbonyl (C=O) groups is 1. The number of thiocarbonyl (C=S) groups is 1. The fourth-order valence-electron chi connectivity index (χ4n) is 4.01. The summed E-state index contributed by atoms with van der Waals surface area (Å²) < 4.78 is 13.9. The molecule has 1 fully saturated rings. The van der Waals surface area contributed by atoms with Crippen LogP contribution in [-0.2, 0) is 6.54 Å². The number of benzene rings is 3. The van der Waals surface area contributed by atoms with Gasteiger partial charge in [-0.25, -0.2) is 4.39 Å². The molecule has 1 aliphatic heterocycles. The molecule has 4 rings (SSSR count). The third-order valence-electron chi connectivity index (χ3n) is 6.21. The minimum atomic E-state index is -0.231. The minimum absolute atomic E-state index is 0.142. The number of anilines is 2. The molecule has 0 bridgehead atoms. The molecule has 7 heteroatoms. The van der Waals surface area contributed by atoms with Gasteiger partial charge in [-0.15, -0.1) is 0 Å². The zero-order valence-electron chi connectivity index (χ0n) is 19.5. The summed E-state index contributed by atoms with van der Waals surface area (Å²) in [6, 6.07) is 20.5. The summed E-state index contributed by atoms with van der Waals surface area (Å²) in [6.07, 6.45) is 0. The third kappa shape index (κ3) is 5.98. The number of carbonyl (C=O) groups excluding carboxylic acids is 1. The number of hydrogen-bond acceptors (Lipinski definition) is 4. The maximum absolute atomic E-state index is 13.9. The first-order valence-electron chi connectivity index (χ1n) is 11.4. The van der Waals surface area contributed by atoms with E-state index in [-0.39, 0.29) is 16.8 Å². The Bertz CT molecular complexity index is 1170. The zero-order chi connectivity index (χ0) is 24.1. The Labute approximate surface area is 205 Å². The average molecular weight is 477 g/mol. The van der Waals surface area contributed by atoms with Crippen LogP contribution in [0.15, 0.2) is 66.7 Å². The summed E-state index contributed by atoms with van der Waals surface area (Å²) in [5.41, 5.74) is 5.47. The third-order valence-corrected chi connectivity index (χ3v) is 6.41. The van der Waals surface area contributed by atoms with Gasteiger partial charge in [0.1, 0.15) is 5.82 Å². The topological polar surface area (TPSA) is 47.6 Å². The van der Waals surface area contributed by atoms with Crippen LogP contribution < -0.4 is 15.5 Å². The van der Waals surface area contributed by atoms with E-state index in [1.54, 1.807) is 12.1 Å². The van der Waals surface area contributed by atoms with E-state index in [1.165, 1.54) is 6.07 Å². The number of amides is 1. The normalized spacial score (nSPS) is 14.0. The molecule has 34 heavy (non-hydrogen) atoms. The maximum Gasteiger partial charge on any atom is 0.257 e. The van der Waals surface area contributed by atoms with Gasteiger partial charge in [0, 0.05) is 55.2 Å². The highest BCUT2D eigenvalue weighted by molar-refractivity contribution is 7.80. The van der Waals surface area contributed by atoms with Crippen molar-refractivity contribution in [2.75, 3.05) is 36.4 Å². The number of nitrogens with one attached hydrogen (secondary N) is 2. The Morgan fingerprint density at radius 2 is 1.65 bits per heavy atom. The van der Waals surface area contributed by atoms with Crippen molar-refractivity contribution in [1.29, 1.82) is 0 Å². The van der Waals surface area contributed by atoms with Gasteiger partial charge in [0.05, 0.1) is 0 Å². The Balaban J connectivity index is 1.27. The molecule has 0 aromatic heterocycles. The molecule has 2 N–H and O–H groups in total. The van der Waals surface area contributed by atoms with Gasteiger partial charge in [0.2, 0.25) is 0 Å². The SMILES string of the molecule is Cc1ccc(C(=O)NC(=S)Nc2ccc(N3CCN(Cc4ccccc4F)CC3)cc2)cc1C. The number of aryl methyl sites for hydroxylation is 2. The van der Waals surface area contributed by atoms with E-state index in [1.807, 2.05) is 62.4 Å². The predicted molar refractivity (Wildman–Crippen MR) is 140 cm³/mol. The lowest BCUT2D eigenvalue weighted by molar-refractivity contribution is 0.0977. The van der Waals surface area contributed by atoms with Crippen LogP contribution in [0.5, 0.6) is 0 Å². The number of halogens is 1. The largest absolute Gasteiger partial charge is 0.369 e. The first-order chi connectivity index (χ1) is 16.4. The summed E-state index contributed by atoms with van der Waals surface area (Å²) in [4.78, 5) is 17.1. The van der Waals surface area contributed by atoms with E-state index >= 15 is 0 Å². The van der Waals surface area contributed by atoms with Crippen molar-refractivity contribution < 1.29 is 9.18 Å². The highest BCUT2D eigenvalue weighted by Gasteiger charge is 2.18. The zero-order valence-corrected chi connectivity index (χ0v) is 20.3. The van der Waals surface area contributed by atoms with E-state index in [4.69, 9.17) is 12.2 Å². The minimum Gasteiger partial charge on any atom is -0.369 e. The fraction of sp³-hybridized carbons (Fsp3) is 0.259. The highest BCUT2D eigenvalue weighted by Crippen LogP contribution is 2.21. The van der Waals surface area contributed by atoms with Gasteiger partial charge < -0.3 is 10.2 Å². The molecule has 1 amide bonds. The summed E-state index contributed by atoms with van der Waals surface area (Å²) in [5, 5.41) is 6.07. The Morgan fingerprint density at radius 3 is 2.32 bits per heavy atom. The first-order valence-corrected chi connectivity index (χ1v) is 11.8. The summed E-state index contributed by atoms with van der Waals surface area (Å²) in [7, 11) is 0. The van der Waals surface area contributed by atoms with E-state index in [2.05, 4.69) is 20.4 Å². The van der Waals surface area contributed by atoms with Gasteiger partial charge in [-0.3, -0.25) is 15.0 Å². The van der Waals surface area contributed by atoms with Gasteiger partial charge >= 0.3 is 0 Å². The quantitative estimate of drug-likeness (QED) is 0.514. The lowest BCUT2D eigenvalue weighted by atomic mass is 10.1. The molecule has 3 aromatic rings. The van der Waals surface area contributed by atoms with Crippen LogP contribution in [0.1, 0.15) is 27.0 Å². The second-order valence-corrected chi connectivity index (χ2v) is 9.02. The number of nitrogens with zero attached hydrogens (tertiary/aromatic N) is 2. The molecule has 5 nitrogen and oxygen atoms in total. The number of piperazine rings is 1. The molecule has 0 radical (unpaired) electrons. The lowest BCUT2D eigenvalue weighted by Crippen LogP contribution is -2.46. The molecule has 176 valence electrons. The van der Waals surface area contributed by atoms with E-state index in [0.717, 1.165) is 54.2 Å². The standard InChI is InChI=1S/C27H29FN4OS/c1-19-7-8-21(17-20(19)2)26(33)30-27(34)29-23-9-11-24(12-10-23)32-15-13-31(14-16-32)18-22-5-3-4-6-25(22)28/h3-12,17H,13-16,18H2,1-2H3,(H2,29,30,33,34). The van der Waals surface area contributed by atoms with Crippen molar-refractivity contribution in [3.8, 4) is 0 Å². The molecular weight excluding hydrogens is 447 g/mol. The molecule has 1 saturated heterocycles. The first kappa shape index (κ1) is 23.9. The molecular formula is C27H29FN4OS. The van der Waals surface area contributed by atoms with E-state index < -0.39 is 0 Å². The van der Waals surface area contributed by atoms with Crippen LogP contribution in [0.4, 0.5) is 15.8 Å². The second kappa shape index (κ2) is 10.8. The van der Waals surface area contributed by atoms with Crippen molar-refractivity contribution in [1.82, 2.24) is 10.2 Å². The van der Waals surface area contributed by atoms with E-state index in [0.29, 0.717) is 12.1 Å². The van der Waals surface area contributed by atoms with Crippen LogP contribution in [0.3, 0.4) is 0 Å². The van der Waals surface area contributed by atoms with Crippen LogP contribution in [0.2, 0.25) is 0 Å². The van der Waals surface area contributed by atoms with Crippen LogP contribution in [0, 0.1) is 19.7 Å². The van der Waals surface area contributed by atoms with Crippen molar-refractivity contribution in [3.63, 3.8) is 0 Å². The van der Waals surface area contributed by atoms with Crippen molar-refractivity contribution in [2.45, 2.75) is 20.4 Å². The fourth-order valence-corrected chi connectivity index (χ4v) is 4.22. The van der Waals surface area contributed by atoms with Crippen LogP contribution >= 0.6 is 12.2 Å². The Morgan fingerprint density at radius 1 is 0.941 bits per heavy atom. The molecule has 0 atom stereocenters. The monoisotopic (exact) mass is 476 g/mol. The van der Waals surface area contributed by atoms with Crippen molar-refractivity contribution in [3.05, 3.63) is 94.8 Å². The van der Waals surface area contributed by atoms with Crippen LogP contribution in [-0.4, -0.2) is 42.1 Å². The van der Waals surface area contributed by atoms with Gasteiger partial charge in [-0.05, 0) is 79.7 Å². The van der Waals surface area contributed by atoms with E-state index in [9.17, 15) is 9.18 Å². The Kier molecular flexibility index (Phi) is 7.55. The average Bonchev–Trinajstić information content (AvgIpc) is 2.83. The molecule has 0 aliphatic carbocycles. The van der Waals surface area contributed by atoms with Gasteiger partial charge in [0.25, 0.3) is 5.91 Å². The predicted octanol–water partition coefficient (Wildman–Crippen LogP) is 4.89. The smallest absolute Gasteiger partial charge is 0.257 e. The summed E-state index contributed by atoms with van der Waals surface area (Å²) in [5.74, 6) is -0.374. The summed E-state index contributed by atoms with van der Waals surface area (Å²) in [6.45, 7) is 8.14. The molecule has 0 saturated carbocycles. The Hall–Kier alpha value is -3.29. The van der Waals surface area contributed by atoms with Gasteiger partial charge in [0.15, 0.2) is 5.11 Å². The van der Waals surface area contributed by atoms with Crippen LogP contribution in [0.25, 0.3) is 0 Å². The van der Waals surface area contributed by atoms with Crippen molar-refractivity contribution in [2.24, 2.45) is 0 Å². The molecule has 0 spiro atoms. The highest BCUT2D eigenvalue weighted by atomic mass is 32.1. The lowest BCUT2D eigenvalue weighted by Gasteiger charge is -2.36. The summed E-state index contributed by atoms with van der Waals surface area (Å²) >= 11 is 5.32. The maximum atomic E-state index is 13.9. The number of rotatable bonds is 5.